The van der Waals surface area contributed by atoms with Crippen LogP contribution in [-0.2, 0) is 17.6 Å². The first-order chi connectivity index (χ1) is 10.5. The highest BCUT2D eigenvalue weighted by atomic mass is 16.4. The standard InChI is InChI=1S/C9H11NO2.C9H13N/c10-8(9(11)12)6-7-4-2-1-3-5-7;1-8(10)7-9-5-3-2-4-6-9/h1-5,8H,6,10H2,(H,11,12);2-6,8H,7,10H2,1H3/t8-;/m0./s1. The molecule has 2 rings (SSSR count). The van der Waals surface area contributed by atoms with Crippen LogP contribution >= 0.6 is 0 Å². The van der Waals surface area contributed by atoms with E-state index in [9.17, 15) is 4.79 Å². The van der Waals surface area contributed by atoms with Crippen molar-refractivity contribution in [2.24, 2.45) is 11.5 Å². The van der Waals surface area contributed by atoms with Crippen LogP contribution in [0.25, 0.3) is 0 Å². The SMILES string of the molecule is CC(N)Cc1ccccc1.N[C@@H](Cc1ccccc1)C(=O)O. The summed E-state index contributed by atoms with van der Waals surface area (Å²) in [5.74, 6) is -0.959. The molecule has 4 nitrogen and oxygen atoms in total. The number of rotatable bonds is 5. The molecule has 2 atom stereocenters. The zero-order valence-electron chi connectivity index (χ0n) is 12.9. The molecule has 4 heteroatoms. The summed E-state index contributed by atoms with van der Waals surface area (Å²) >= 11 is 0. The molecule has 0 aliphatic carbocycles. The molecule has 5 N–H and O–H groups in total. The van der Waals surface area contributed by atoms with Gasteiger partial charge in [0.1, 0.15) is 6.04 Å². The van der Waals surface area contributed by atoms with Crippen molar-refractivity contribution in [3.8, 4) is 0 Å². The van der Waals surface area contributed by atoms with Gasteiger partial charge in [-0.25, -0.2) is 0 Å². The van der Waals surface area contributed by atoms with Gasteiger partial charge in [-0.05, 0) is 30.9 Å². The van der Waals surface area contributed by atoms with E-state index in [0.717, 1.165) is 12.0 Å². The minimum absolute atomic E-state index is 0.266. The Labute approximate surface area is 131 Å². The van der Waals surface area contributed by atoms with Crippen LogP contribution in [0.4, 0.5) is 0 Å². The van der Waals surface area contributed by atoms with E-state index in [-0.39, 0.29) is 6.04 Å². The van der Waals surface area contributed by atoms with Gasteiger partial charge in [-0.3, -0.25) is 4.79 Å². The molecule has 0 aromatic heterocycles. The predicted molar refractivity (Wildman–Crippen MR) is 89.6 cm³/mol. The molecule has 118 valence electrons. The first kappa shape index (κ1) is 17.9. The van der Waals surface area contributed by atoms with E-state index in [0.29, 0.717) is 6.42 Å². The maximum atomic E-state index is 10.4. The highest BCUT2D eigenvalue weighted by Crippen LogP contribution is 2.01. The largest absolute Gasteiger partial charge is 0.480 e. The van der Waals surface area contributed by atoms with Crippen LogP contribution in [0.15, 0.2) is 60.7 Å². The van der Waals surface area contributed by atoms with Gasteiger partial charge < -0.3 is 16.6 Å². The molecule has 0 bridgehead atoms. The molecule has 0 fully saturated rings. The predicted octanol–water partition coefficient (Wildman–Crippen LogP) is 2.22. The Bertz CT molecular complexity index is 542. The summed E-state index contributed by atoms with van der Waals surface area (Å²) in [6.07, 6.45) is 1.36. The van der Waals surface area contributed by atoms with Crippen LogP contribution in [-0.4, -0.2) is 23.2 Å². The molecule has 1 unspecified atom stereocenters. The highest BCUT2D eigenvalue weighted by molar-refractivity contribution is 5.73. The van der Waals surface area contributed by atoms with E-state index >= 15 is 0 Å². The van der Waals surface area contributed by atoms with E-state index in [1.54, 1.807) is 0 Å². The van der Waals surface area contributed by atoms with Gasteiger partial charge in [-0.2, -0.15) is 0 Å². The molecule has 2 aromatic carbocycles. The summed E-state index contributed by atoms with van der Waals surface area (Å²) in [5.41, 5.74) is 13.2. The van der Waals surface area contributed by atoms with Gasteiger partial charge >= 0.3 is 5.97 Å². The van der Waals surface area contributed by atoms with Gasteiger partial charge in [0.2, 0.25) is 0 Å². The van der Waals surface area contributed by atoms with Crippen LogP contribution < -0.4 is 11.5 Å². The zero-order valence-corrected chi connectivity index (χ0v) is 12.9. The Morgan fingerprint density at radius 2 is 1.32 bits per heavy atom. The normalized spacial score (nSPS) is 12.7. The van der Waals surface area contributed by atoms with E-state index in [2.05, 4.69) is 12.1 Å². The lowest BCUT2D eigenvalue weighted by molar-refractivity contribution is -0.138. The third-order valence-electron chi connectivity index (χ3n) is 3.02. The summed E-state index contributed by atoms with van der Waals surface area (Å²) < 4.78 is 0. The molecule has 0 aliphatic heterocycles. The summed E-state index contributed by atoms with van der Waals surface area (Å²) in [5, 5.41) is 8.52. The molecule has 2 aromatic rings. The van der Waals surface area contributed by atoms with Gasteiger partial charge in [0.15, 0.2) is 0 Å². The number of nitrogens with two attached hydrogens (primary N) is 2. The van der Waals surface area contributed by atoms with Crippen LogP contribution in [0, 0.1) is 0 Å². The number of carboxylic acid groups (broad SMARTS) is 1. The Balaban J connectivity index is 0.000000224. The summed E-state index contributed by atoms with van der Waals surface area (Å²) in [4.78, 5) is 10.4. The molecule has 0 aliphatic rings. The molecule has 0 amide bonds. The number of aliphatic carboxylic acids is 1. The lowest BCUT2D eigenvalue weighted by atomic mass is 10.1. The molecule has 0 saturated carbocycles. The molecule has 0 radical (unpaired) electrons. The number of carbonyl (C=O) groups is 1. The highest BCUT2D eigenvalue weighted by Gasteiger charge is 2.10. The second kappa shape index (κ2) is 9.71. The molecule has 0 saturated heterocycles. The molecule has 0 heterocycles. The average molecular weight is 300 g/mol. The summed E-state index contributed by atoms with van der Waals surface area (Å²) in [6.45, 7) is 2.02. The monoisotopic (exact) mass is 300 g/mol. The van der Waals surface area contributed by atoms with Crippen molar-refractivity contribution >= 4 is 5.97 Å². The number of benzene rings is 2. The smallest absolute Gasteiger partial charge is 0.320 e. The average Bonchev–Trinajstić information content (AvgIpc) is 2.49. The van der Waals surface area contributed by atoms with Crippen molar-refractivity contribution in [2.45, 2.75) is 31.8 Å². The summed E-state index contributed by atoms with van der Waals surface area (Å²) in [6, 6.07) is 19.1. The van der Waals surface area contributed by atoms with E-state index in [1.165, 1.54) is 5.56 Å². The fourth-order valence-corrected chi connectivity index (χ4v) is 1.94. The third-order valence-corrected chi connectivity index (χ3v) is 3.02. The van der Waals surface area contributed by atoms with Crippen molar-refractivity contribution in [1.29, 1.82) is 0 Å². The molecule has 22 heavy (non-hydrogen) atoms. The van der Waals surface area contributed by atoms with Crippen molar-refractivity contribution < 1.29 is 9.90 Å². The lowest BCUT2D eigenvalue weighted by Crippen LogP contribution is -2.32. The minimum atomic E-state index is -0.959. The van der Waals surface area contributed by atoms with Gasteiger partial charge in [0, 0.05) is 6.04 Å². The first-order valence-corrected chi connectivity index (χ1v) is 7.31. The van der Waals surface area contributed by atoms with Crippen LogP contribution in [0.3, 0.4) is 0 Å². The molecule has 0 spiro atoms. The summed E-state index contributed by atoms with van der Waals surface area (Å²) in [7, 11) is 0. The molecular formula is C18H24N2O2. The maximum Gasteiger partial charge on any atom is 0.320 e. The van der Waals surface area contributed by atoms with Gasteiger partial charge in [0.05, 0.1) is 0 Å². The Kier molecular flexibility index (Phi) is 7.89. The van der Waals surface area contributed by atoms with Crippen molar-refractivity contribution in [3.05, 3.63) is 71.8 Å². The fraction of sp³-hybridized carbons (Fsp3) is 0.278. The zero-order chi connectivity index (χ0) is 16.4. The minimum Gasteiger partial charge on any atom is -0.480 e. The first-order valence-electron chi connectivity index (χ1n) is 7.31. The number of carboxylic acids is 1. The van der Waals surface area contributed by atoms with Crippen molar-refractivity contribution in [3.63, 3.8) is 0 Å². The fourth-order valence-electron chi connectivity index (χ4n) is 1.94. The second-order valence-electron chi connectivity index (χ2n) is 5.30. The lowest BCUT2D eigenvalue weighted by Gasteiger charge is -2.04. The number of hydrogen-bond donors (Lipinski definition) is 3. The van der Waals surface area contributed by atoms with E-state index < -0.39 is 12.0 Å². The van der Waals surface area contributed by atoms with E-state index in [4.69, 9.17) is 16.6 Å². The second-order valence-corrected chi connectivity index (χ2v) is 5.30. The van der Waals surface area contributed by atoms with Crippen LogP contribution in [0.1, 0.15) is 18.1 Å². The van der Waals surface area contributed by atoms with Gasteiger partial charge in [-0.1, -0.05) is 60.7 Å². The quantitative estimate of drug-likeness (QED) is 0.790. The van der Waals surface area contributed by atoms with Crippen LogP contribution in [0.5, 0.6) is 0 Å². The molecular weight excluding hydrogens is 276 g/mol. The van der Waals surface area contributed by atoms with Gasteiger partial charge in [0.25, 0.3) is 0 Å². The van der Waals surface area contributed by atoms with Crippen molar-refractivity contribution in [2.75, 3.05) is 0 Å². The third kappa shape index (κ3) is 7.57. The maximum absolute atomic E-state index is 10.4. The van der Waals surface area contributed by atoms with Gasteiger partial charge in [-0.15, -0.1) is 0 Å². The number of hydrogen-bond acceptors (Lipinski definition) is 3. The Morgan fingerprint density at radius 1 is 0.909 bits per heavy atom. The van der Waals surface area contributed by atoms with Crippen molar-refractivity contribution in [1.82, 2.24) is 0 Å². The topological polar surface area (TPSA) is 89.3 Å². The Morgan fingerprint density at radius 3 is 1.68 bits per heavy atom. The van der Waals surface area contributed by atoms with E-state index in [1.807, 2.05) is 55.5 Å². The Hall–Kier alpha value is -2.17. The van der Waals surface area contributed by atoms with Crippen LogP contribution in [0.2, 0.25) is 0 Å².